The van der Waals surface area contributed by atoms with Gasteiger partial charge in [-0.25, -0.2) is 9.67 Å². The fraction of sp³-hybridized carbons (Fsp3) is 0.412. The third-order valence-corrected chi connectivity index (χ3v) is 4.25. The van der Waals surface area contributed by atoms with E-state index in [4.69, 9.17) is 5.26 Å². The SMILES string of the molecule is N#Cc1ncn(CC(=O)c2ccc(C3CCCCC3)cc2)n1. The van der Waals surface area contributed by atoms with E-state index in [-0.39, 0.29) is 18.2 Å². The van der Waals surface area contributed by atoms with Crippen LogP contribution in [0.5, 0.6) is 0 Å². The normalized spacial score (nSPS) is 15.4. The zero-order valence-electron chi connectivity index (χ0n) is 12.4. The third-order valence-electron chi connectivity index (χ3n) is 4.25. The van der Waals surface area contributed by atoms with Gasteiger partial charge < -0.3 is 0 Å². The number of benzene rings is 1. The Bertz CT molecular complexity index is 690. The Hall–Kier alpha value is -2.48. The van der Waals surface area contributed by atoms with Crippen LogP contribution in [-0.2, 0) is 6.54 Å². The number of aromatic nitrogens is 3. The highest BCUT2D eigenvalue weighted by molar-refractivity contribution is 5.95. The van der Waals surface area contributed by atoms with E-state index in [1.807, 2.05) is 18.2 Å². The van der Waals surface area contributed by atoms with Crippen LogP contribution in [0.25, 0.3) is 0 Å². The van der Waals surface area contributed by atoms with Crippen molar-refractivity contribution < 1.29 is 4.79 Å². The number of rotatable bonds is 4. The van der Waals surface area contributed by atoms with E-state index in [0.29, 0.717) is 11.5 Å². The van der Waals surface area contributed by atoms with Gasteiger partial charge in [0, 0.05) is 5.56 Å². The molecule has 0 saturated heterocycles. The lowest BCUT2D eigenvalue weighted by Crippen LogP contribution is -2.11. The number of carbonyl (C=O) groups excluding carboxylic acids is 1. The molecule has 0 amide bonds. The first-order valence-corrected chi connectivity index (χ1v) is 7.69. The highest BCUT2D eigenvalue weighted by Crippen LogP contribution is 2.32. The summed E-state index contributed by atoms with van der Waals surface area (Å²) >= 11 is 0. The van der Waals surface area contributed by atoms with Crippen molar-refractivity contribution in [3.8, 4) is 6.07 Å². The molecule has 22 heavy (non-hydrogen) atoms. The Morgan fingerprint density at radius 3 is 2.59 bits per heavy atom. The van der Waals surface area contributed by atoms with E-state index >= 15 is 0 Å². The van der Waals surface area contributed by atoms with Crippen molar-refractivity contribution in [2.75, 3.05) is 0 Å². The smallest absolute Gasteiger partial charge is 0.252 e. The standard InChI is InChI=1S/C17H18N4O/c18-10-17-19-12-21(20-17)11-16(22)15-8-6-14(7-9-15)13-4-2-1-3-5-13/h6-9,12-13H,1-5,11H2. The van der Waals surface area contributed by atoms with Crippen LogP contribution in [0.2, 0.25) is 0 Å². The predicted molar refractivity (Wildman–Crippen MR) is 81.3 cm³/mol. The lowest BCUT2D eigenvalue weighted by Gasteiger charge is -2.22. The summed E-state index contributed by atoms with van der Waals surface area (Å²) in [6.07, 6.45) is 7.87. The minimum absolute atomic E-state index is 0.0235. The molecule has 0 aliphatic heterocycles. The molecule has 0 radical (unpaired) electrons. The molecule has 0 bridgehead atoms. The first kappa shape index (κ1) is 14.5. The molecule has 0 N–H and O–H groups in total. The van der Waals surface area contributed by atoms with Gasteiger partial charge in [-0.05, 0) is 24.3 Å². The first-order chi connectivity index (χ1) is 10.8. The van der Waals surface area contributed by atoms with Gasteiger partial charge in [-0.3, -0.25) is 4.79 Å². The summed E-state index contributed by atoms with van der Waals surface area (Å²) in [5.41, 5.74) is 2.01. The van der Waals surface area contributed by atoms with E-state index in [0.717, 1.165) is 0 Å². The van der Waals surface area contributed by atoms with Crippen molar-refractivity contribution in [1.82, 2.24) is 14.8 Å². The summed E-state index contributed by atoms with van der Waals surface area (Å²) in [5, 5.41) is 12.6. The number of ketones is 1. The van der Waals surface area contributed by atoms with Crippen LogP contribution < -0.4 is 0 Å². The maximum absolute atomic E-state index is 12.2. The second-order valence-corrected chi connectivity index (χ2v) is 5.76. The van der Waals surface area contributed by atoms with Gasteiger partial charge in [0.05, 0.1) is 0 Å². The van der Waals surface area contributed by atoms with Crippen LogP contribution in [0.3, 0.4) is 0 Å². The van der Waals surface area contributed by atoms with Crippen molar-refractivity contribution in [2.45, 2.75) is 44.6 Å². The van der Waals surface area contributed by atoms with Gasteiger partial charge in [-0.2, -0.15) is 5.26 Å². The van der Waals surface area contributed by atoms with Crippen molar-refractivity contribution in [2.24, 2.45) is 0 Å². The van der Waals surface area contributed by atoms with Gasteiger partial charge in [0.15, 0.2) is 5.78 Å². The lowest BCUT2D eigenvalue weighted by molar-refractivity contribution is 0.0967. The van der Waals surface area contributed by atoms with Gasteiger partial charge in [0.25, 0.3) is 5.82 Å². The van der Waals surface area contributed by atoms with E-state index in [1.165, 1.54) is 48.7 Å². The molecule has 1 aromatic carbocycles. The van der Waals surface area contributed by atoms with Gasteiger partial charge in [-0.1, -0.05) is 43.5 Å². The molecule has 0 atom stereocenters. The fourth-order valence-electron chi connectivity index (χ4n) is 3.04. The molecule has 3 rings (SSSR count). The summed E-state index contributed by atoms with van der Waals surface area (Å²) in [6, 6.07) is 9.79. The summed E-state index contributed by atoms with van der Waals surface area (Å²) < 4.78 is 1.40. The van der Waals surface area contributed by atoms with E-state index in [9.17, 15) is 4.79 Å². The quantitative estimate of drug-likeness (QED) is 0.812. The Balaban J connectivity index is 1.66. The largest absolute Gasteiger partial charge is 0.292 e. The van der Waals surface area contributed by atoms with Crippen molar-refractivity contribution >= 4 is 5.78 Å². The molecule has 1 fully saturated rings. The highest BCUT2D eigenvalue weighted by atomic mass is 16.1. The van der Waals surface area contributed by atoms with Crippen LogP contribution in [0.4, 0.5) is 0 Å². The number of carbonyl (C=O) groups is 1. The minimum atomic E-state index is -0.0235. The Morgan fingerprint density at radius 2 is 1.95 bits per heavy atom. The number of Topliss-reactive ketones (excluding diaryl/α,β-unsaturated/α-hetero) is 1. The van der Waals surface area contributed by atoms with Crippen molar-refractivity contribution in [3.05, 3.63) is 47.5 Å². The van der Waals surface area contributed by atoms with Crippen LogP contribution in [0.15, 0.2) is 30.6 Å². The second kappa shape index (κ2) is 6.52. The zero-order valence-corrected chi connectivity index (χ0v) is 12.4. The molecule has 5 heteroatoms. The molecular formula is C17H18N4O. The lowest BCUT2D eigenvalue weighted by atomic mass is 9.84. The van der Waals surface area contributed by atoms with Gasteiger partial charge >= 0.3 is 0 Å². The molecule has 112 valence electrons. The maximum Gasteiger partial charge on any atom is 0.252 e. The zero-order chi connectivity index (χ0) is 15.4. The maximum atomic E-state index is 12.2. The molecular weight excluding hydrogens is 276 g/mol. The molecule has 5 nitrogen and oxygen atoms in total. The molecule has 0 unspecified atom stereocenters. The molecule has 0 spiro atoms. The molecule has 1 saturated carbocycles. The van der Waals surface area contributed by atoms with E-state index in [1.54, 1.807) is 0 Å². The second-order valence-electron chi connectivity index (χ2n) is 5.76. The molecule has 1 aromatic heterocycles. The minimum Gasteiger partial charge on any atom is -0.292 e. The number of hydrogen-bond acceptors (Lipinski definition) is 4. The first-order valence-electron chi connectivity index (χ1n) is 7.69. The predicted octanol–water partition coefficient (Wildman–Crippen LogP) is 3.08. The van der Waals surface area contributed by atoms with Gasteiger partial charge in [0.1, 0.15) is 18.9 Å². The third kappa shape index (κ3) is 3.22. The van der Waals surface area contributed by atoms with Crippen LogP contribution >= 0.6 is 0 Å². The monoisotopic (exact) mass is 294 g/mol. The van der Waals surface area contributed by atoms with Crippen molar-refractivity contribution in [3.63, 3.8) is 0 Å². The van der Waals surface area contributed by atoms with E-state index < -0.39 is 0 Å². The number of nitriles is 1. The fourth-order valence-corrected chi connectivity index (χ4v) is 3.04. The molecule has 1 aliphatic carbocycles. The van der Waals surface area contributed by atoms with Gasteiger partial charge in [0.2, 0.25) is 0 Å². The summed E-state index contributed by atoms with van der Waals surface area (Å²) in [5.74, 6) is 0.705. The van der Waals surface area contributed by atoms with Crippen LogP contribution in [-0.4, -0.2) is 20.5 Å². The van der Waals surface area contributed by atoms with Crippen LogP contribution in [0, 0.1) is 11.3 Å². The summed E-state index contributed by atoms with van der Waals surface area (Å²) in [6.45, 7) is 0.109. The highest BCUT2D eigenvalue weighted by Gasteiger charge is 2.16. The number of hydrogen-bond donors (Lipinski definition) is 0. The Morgan fingerprint density at radius 1 is 1.23 bits per heavy atom. The summed E-state index contributed by atoms with van der Waals surface area (Å²) in [7, 11) is 0. The van der Waals surface area contributed by atoms with Gasteiger partial charge in [-0.15, -0.1) is 5.10 Å². The van der Waals surface area contributed by atoms with Crippen LogP contribution in [0.1, 0.15) is 59.8 Å². The Kier molecular flexibility index (Phi) is 4.29. The van der Waals surface area contributed by atoms with Crippen molar-refractivity contribution in [1.29, 1.82) is 5.26 Å². The number of nitrogens with zero attached hydrogens (tertiary/aromatic N) is 4. The Labute approximate surface area is 129 Å². The summed E-state index contributed by atoms with van der Waals surface area (Å²) in [4.78, 5) is 16.0. The molecule has 2 aromatic rings. The molecule has 1 aliphatic rings. The van der Waals surface area contributed by atoms with E-state index in [2.05, 4.69) is 22.2 Å². The average Bonchev–Trinajstić information content (AvgIpc) is 3.03. The topological polar surface area (TPSA) is 71.6 Å². The molecule has 1 heterocycles. The average molecular weight is 294 g/mol.